The molecule has 4 atom stereocenters. The van der Waals surface area contributed by atoms with Gasteiger partial charge in [-0.05, 0) is 31.4 Å². The number of nitrogens with zero attached hydrogens (tertiary/aromatic N) is 2. The smallest absolute Gasteiger partial charge is 0.261 e. The van der Waals surface area contributed by atoms with E-state index in [9.17, 15) is 9.59 Å². The molecule has 0 N–H and O–H groups in total. The van der Waals surface area contributed by atoms with Crippen molar-refractivity contribution >= 4 is 11.8 Å². The van der Waals surface area contributed by atoms with Gasteiger partial charge in [0.05, 0.1) is 20.3 Å². The lowest BCUT2D eigenvalue weighted by molar-refractivity contribution is -0.139. The van der Waals surface area contributed by atoms with Gasteiger partial charge in [0, 0.05) is 31.0 Å². The van der Waals surface area contributed by atoms with Crippen molar-refractivity contribution in [3.8, 4) is 17.2 Å². The van der Waals surface area contributed by atoms with Crippen LogP contribution in [-0.2, 0) is 9.59 Å². The van der Waals surface area contributed by atoms with Crippen LogP contribution < -0.4 is 14.2 Å². The van der Waals surface area contributed by atoms with E-state index in [0.29, 0.717) is 23.8 Å². The van der Waals surface area contributed by atoms with E-state index >= 15 is 0 Å². The Balaban J connectivity index is 1.57. The summed E-state index contributed by atoms with van der Waals surface area (Å²) in [6.45, 7) is 4.46. The fourth-order valence-corrected chi connectivity index (χ4v) is 6.06. The SMILES string of the molecule is COc1cccc(OC)c1OCC(=O)N1[C@@H]2CN(C(C)=O)[C@@H]3CCCC[C@H]1[C@]3(C)C2. The number of hydrogen-bond donors (Lipinski definition) is 0. The van der Waals surface area contributed by atoms with Crippen molar-refractivity contribution in [3.05, 3.63) is 18.2 Å². The molecular weight excluding hydrogens is 384 g/mol. The van der Waals surface area contributed by atoms with Gasteiger partial charge >= 0.3 is 0 Å². The predicted molar refractivity (Wildman–Crippen MR) is 112 cm³/mol. The second-order valence-corrected chi connectivity index (χ2v) is 8.93. The van der Waals surface area contributed by atoms with Gasteiger partial charge in [-0.15, -0.1) is 0 Å². The first-order valence-electron chi connectivity index (χ1n) is 10.8. The molecule has 0 unspecified atom stereocenters. The molecule has 30 heavy (non-hydrogen) atoms. The fraction of sp³-hybridized carbons (Fsp3) is 0.652. The highest BCUT2D eigenvalue weighted by molar-refractivity contribution is 5.80. The van der Waals surface area contributed by atoms with Crippen LogP contribution in [0.15, 0.2) is 18.2 Å². The van der Waals surface area contributed by atoms with Crippen molar-refractivity contribution in [2.45, 2.75) is 64.1 Å². The highest BCUT2D eigenvalue weighted by Gasteiger charge is 2.60. The van der Waals surface area contributed by atoms with Crippen molar-refractivity contribution < 1.29 is 23.8 Å². The van der Waals surface area contributed by atoms with E-state index in [1.807, 2.05) is 15.9 Å². The van der Waals surface area contributed by atoms with E-state index in [-0.39, 0.29) is 42.0 Å². The Hall–Kier alpha value is -2.44. The van der Waals surface area contributed by atoms with Crippen LogP contribution in [0.1, 0.15) is 46.0 Å². The molecule has 2 heterocycles. The molecule has 1 saturated carbocycles. The topological polar surface area (TPSA) is 68.3 Å². The molecule has 3 aliphatic rings. The third-order valence-electron chi connectivity index (χ3n) is 7.33. The largest absolute Gasteiger partial charge is 0.493 e. The number of ether oxygens (including phenoxy) is 3. The molecule has 0 spiro atoms. The number of amides is 2. The Morgan fingerprint density at radius 3 is 2.33 bits per heavy atom. The summed E-state index contributed by atoms with van der Waals surface area (Å²) in [5, 5.41) is 0. The maximum atomic E-state index is 13.4. The average molecular weight is 417 g/mol. The van der Waals surface area contributed by atoms with Crippen LogP contribution in [0.25, 0.3) is 0 Å². The Labute approximate surface area is 178 Å². The monoisotopic (exact) mass is 416 g/mol. The fourth-order valence-electron chi connectivity index (χ4n) is 6.06. The molecule has 2 bridgehead atoms. The summed E-state index contributed by atoms with van der Waals surface area (Å²) >= 11 is 0. The lowest BCUT2D eigenvalue weighted by Crippen LogP contribution is -2.55. The third kappa shape index (κ3) is 3.28. The molecular formula is C23H32N2O5. The number of fused-ring (bicyclic) bond motifs is 1. The first-order chi connectivity index (χ1) is 14.4. The van der Waals surface area contributed by atoms with E-state index in [4.69, 9.17) is 14.2 Å². The van der Waals surface area contributed by atoms with Crippen molar-refractivity contribution in [1.82, 2.24) is 9.80 Å². The van der Waals surface area contributed by atoms with E-state index in [1.54, 1.807) is 33.3 Å². The maximum Gasteiger partial charge on any atom is 0.261 e. The minimum Gasteiger partial charge on any atom is -0.493 e. The molecule has 0 aromatic heterocycles. The van der Waals surface area contributed by atoms with Crippen LogP contribution in [0, 0.1) is 5.41 Å². The Bertz CT molecular complexity index is 806. The molecule has 1 aromatic rings. The highest BCUT2D eigenvalue weighted by atomic mass is 16.5. The number of rotatable bonds is 5. The summed E-state index contributed by atoms with van der Waals surface area (Å²) in [7, 11) is 3.13. The molecule has 0 radical (unpaired) electrons. The molecule has 2 saturated heterocycles. The molecule has 7 heteroatoms. The number of methoxy groups -OCH3 is 2. The lowest BCUT2D eigenvalue weighted by atomic mass is 9.71. The molecule has 7 nitrogen and oxygen atoms in total. The number of hydrogen-bond acceptors (Lipinski definition) is 5. The second kappa shape index (κ2) is 8.00. The van der Waals surface area contributed by atoms with E-state index in [0.717, 1.165) is 32.1 Å². The summed E-state index contributed by atoms with van der Waals surface area (Å²) < 4.78 is 16.7. The van der Waals surface area contributed by atoms with Gasteiger partial charge in [0.1, 0.15) is 0 Å². The Morgan fingerprint density at radius 2 is 1.73 bits per heavy atom. The summed E-state index contributed by atoms with van der Waals surface area (Å²) in [5.74, 6) is 1.58. The molecule has 164 valence electrons. The third-order valence-corrected chi connectivity index (χ3v) is 7.33. The Kier molecular flexibility index (Phi) is 5.55. The van der Waals surface area contributed by atoms with Gasteiger partial charge in [-0.25, -0.2) is 0 Å². The van der Waals surface area contributed by atoms with Crippen molar-refractivity contribution in [1.29, 1.82) is 0 Å². The van der Waals surface area contributed by atoms with Crippen LogP contribution in [0.3, 0.4) is 0 Å². The highest BCUT2D eigenvalue weighted by Crippen LogP contribution is 2.53. The van der Waals surface area contributed by atoms with E-state index in [1.165, 1.54) is 0 Å². The zero-order chi connectivity index (χ0) is 21.5. The van der Waals surface area contributed by atoms with Crippen LogP contribution in [-0.4, -0.2) is 67.1 Å². The normalized spacial score (nSPS) is 29.9. The number of carbonyl (C=O) groups excluding carboxylic acids is 2. The van der Waals surface area contributed by atoms with Gasteiger partial charge in [0.2, 0.25) is 11.7 Å². The predicted octanol–water partition coefficient (Wildman–Crippen LogP) is 2.86. The first kappa shape index (κ1) is 20.8. The molecule has 2 aliphatic heterocycles. The van der Waals surface area contributed by atoms with Crippen LogP contribution in [0.5, 0.6) is 17.2 Å². The Morgan fingerprint density at radius 1 is 1.10 bits per heavy atom. The summed E-state index contributed by atoms with van der Waals surface area (Å²) in [4.78, 5) is 29.8. The summed E-state index contributed by atoms with van der Waals surface area (Å²) in [5.41, 5.74) is -0.0527. The number of carbonyl (C=O) groups is 2. The zero-order valence-corrected chi connectivity index (χ0v) is 18.3. The number of likely N-dealkylation sites (tertiary alicyclic amines) is 2. The standard InChI is InChI=1S/C23H32N2O5/c1-15(26)24-13-16-12-23(2)19(24)10-5-6-11-20(23)25(16)21(27)14-30-22-17(28-3)8-7-9-18(22)29-4/h7-9,16,19-20H,5-6,10-14H2,1-4H3/t16-,19+,20-,23+/m0/s1. The van der Waals surface area contributed by atoms with Gasteiger partial charge < -0.3 is 24.0 Å². The number of benzene rings is 1. The zero-order valence-electron chi connectivity index (χ0n) is 18.3. The van der Waals surface area contributed by atoms with Crippen LogP contribution in [0.2, 0.25) is 0 Å². The second-order valence-electron chi connectivity index (χ2n) is 8.93. The minimum atomic E-state index is -0.0788. The van der Waals surface area contributed by atoms with Gasteiger partial charge in [-0.2, -0.15) is 0 Å². The summed E-state index contributed by atoms with van der Waals surface area (Å²) in [6.07, 6.45) is 5.15. The molecule has 3 fully saturated rings. The van der Waals surface area contributed by atoms with Gasteiger partial charge in [-0.3, -0.25) is 9.59 Å². The van der Waals surface area contributed by atoms with Gasteiger partial charge in [-0.1, -0.05) is 25.8 Å². The first-order valence-corrected chi connectivity index (χ1v) is 10.8. The van der Waals surface area contributed by atoms with Gasteiger partial charge in [0.25, 0.3) is 5.91 Å². The van der Waals surface area contributed by atoms with Crippen molar-refractivity contribution in [2.75, 3.05) is 27.4 Å². The average Bonchev–Trinajstić information content (AvgIpc) is 2.84. The molecule has 4 rings (SSSR count). The van der Waals surface area contributed by atoms with Gasteiger partial charge in [0.15, 0.2) is 18.1 Å². The number of para-hydroxylation sites is 1. The van der Waals surface area contributed by atoms with Crippen molar-refractivity contribution in [3.63, 3.8) is 0 Å². The van der Waals surface area contributed by atoms with Crippen LogP contribution >= 0.6 is 0 Å². The van der Waals surface area contributed by atoms with Crippen molar-refractivity contribution in [2.24, 2.45) is 5.41 Å². The summed E-state index contributed by atoms with van der Waals surface area (Å²) in [6, 6.07) is 5.80. The lowest BCUT2D eigenvalue weighted by Gasteiger charge is -2.46. The quantitative estimate of drug-likeness (QED) is 0.738. The molecule has 1 aromatic carbocycles. The molecule has 2 amide bonds. The van der Waals surface area contributed by atoms with E-state index < -0.39 is 0 Å². The molecule has 1 aliphatic carbocycles. The number of piperidine rings is 1. The van der Waals surface area contributed by atoms with E-state index in [2.05, 4.69) is 6.92 Å². The van der Waals surface area contributed by atoms with Crippen LogP contribution in [0.4, 0.5) is 0 Å². The maximum absolute atomic E-state index is 13.4. The minimum absolute atomic E-state index is 0.0345.